The van der Waals surface area contributed by atoms with Crippen molar-refractivity contribution in [2.75, 3.05) is 0 Å². The van der Waals surface area contributed by atoms with E-state index in [9.17, 15) is 4.79 Å². The number of carbonyl (C=O) groups excluding carboxylic acids is 1. The highest BCUT2D eigenvalue weighted by Gasteiger charge is 2.30. The van der Waals surface area contributed by atoms with Crippen molar-refractivity contribution in [1.29, 1.82) is 0 Å². The fourth-order valence-corrected chi connectivity index (χ4v) is 4.09. The Kier molecular flexibility index (Phi) is 10.6. The average Bonchev–Trinajstić information content (AvgIpc) is 2.69. The third-order valence-electron chi connectivity index (χ3n) is 5.95. The molecule has 2 nitrogen and oxygen atoms in total. The van der Waals surface area contributed by atoms with Crippen molar-refractivity contribution >= 4 is 5.97 Å². The molecule has 1 saturated heterocycles. The summed E-state index contributed by atoms with van der Waals surface area (Å²) >= 11 is 0. The van der Waals surface area contributed by atoms with E-state index >= 15 is 0 Å². The summed E-state index contributed by atoms with van der Waals surface area (Å²) in [6.45, 7) is 4.49. The van der Waals surface area contributed by atoms with E-state index in [0.29, 0.717) is 0 Å². The van der Waals surface area contributed by atoms with Gasteiger partial charge in [0.1, 0.15) is 6.10 Å². The fraction of sp³-hybridized carbons (Fsp3) is 0.720. The van der Waals surface area contributed by atoms with Crippen LogP contribution in [0.25, 0.3) is 0 Å². The lowest BCUT2D eigenvalue weighted by Crippen LogP contribution is -2.26. The molecule has 2 rings (SSSR count). The number of hydrogen-bond donors (Lipinski definition) is 0. The van der Waals surface area contributed by atoms with Crippen LogP contribution >= 0.6 is 0 Å². The first kappa shape index (κ1) is 22.0. The maximum Gasteiger partial charge on any atom is 0.309 e. The molecule has 0 N–H and O–H groups in total. The summed E-state index contributed by atoms with van der Waals surface area (Å²) in [5.41, 5.74) is 2.57. The molecule has 0 radical (unpaired) electrons. The smallest absolute Gasteiger partial charge is 0.309 e. The van der Waals surface area contributed by atoms with Crippen LogP contribution in [-0.4, -0.2) is 5.97 Å². The van der Waals surface area contributed by atoms with Crippen LogP contribution in [0.3, 0.4) is 0 Å². The van der Waals surface area contributed by atoms with E-state index in [-0.39, 0.29) is 18.0 Å². The normalized spacial score (nSPS) is 19.9. The van der Waals surface area contributed by atoms with Crippen molar-refractivity contribution in [1.82, 2.24) is 0 Å². The van der Waals surface area contributed by atoms with Crippen LogP contribution in [0.15, 0.2) is 24.3 Å². The van der Waals surface area contributed by atoms with Gasteiger partial charge in [0.2, 0.25) is 0 Å². The second-order valence-electron chi connectivity index (χ2n) is 8.31. The molecular formula is C25H40O2. The first-order valence-electron chi connectivity index (χ1n) is 11.5. The standard InChI is InChI=1S/C25H40O2/c1-3-5-7-9-11-13-21-15-17-22(18-16-21)24-20-19-23(25(26)27-24)14-12-10-8-6-4-2/h15-18,23-24H,3-14,19-20H2,1-2H3. The Hall–Kier alpha value is -1.31. The lowest BCUT2D eigenvalue weighted by molar-refractivity contribution is -0.161. The molecule has 1 heterocycles. The minimum absolute atomic E-state index is 0.0294. The number of esters is 1. The maximum atomic E-state index is 12.4. The molecule has 2 atom stereocenters. The second kappa shape index (κ2) is 13.0. The van der Waals surface area contributed by atoms with Gasteiger partial charge in [0.15, 0.2) is 0 Å². The number of unbranched alkanes of at least 4 members (excludes halogenated alkanes) is 8. The molecule has 2 unspecified atom stereocenters. The molecule has 0 aromatic heterocycles. The predicted molar refractivity (Wildman–Crippen MR) is 114 cm³/mol. The van der Waals surface area contributed by atoms with Crippen LogP contribution in [0.2, 0.25) is 0 Å². The van der Waals surface area contributed by atoms with Crippen LogP contribution in [-0.2, 0) is 16.0 Å². The molecule has 1 aliphatic rings. The van der Waals surface area contributed by atoms with Crippen LogP contribution in [0.4, 0.5) is 0 Å². The quantitative estimate of drug-likeness (QED) is 0.264. The van der Waals surface area contributed by atoms with Gasteiger partial charge in [0.05, 0.1) is 5.92 Å². The first-order chi connectivity index (χ1) is 13.2. The van der Waals surface area contributed by atoms with Crippen LogP contribution < -0.4 is 0 Å². The zero-order valence-corrected chi connectivity index (χ0v) is 17.7. The van der Waals surface area contributed by atoms with Gasteiger partial charge >= 0.3 is 5.97 Å². The highest BCUT2D eigenvalue weighted by atomic mass is 16.5. The Bertz CT molecular complexity index is 520. The Labute approximate surface area is 167 Å². The zero-order chi connectivity index (χ0) is 19.3. The fourth-order valence-electron chi connectivity index (χ4n) is 4.09. The van der Waals surface area contributed by atoms with E-state index in [1.54, 1.807) is 0 Å². The van der Waals surface area contributed by atoms with Gasteiger partial charge < -0.3 is 4.74 Å². The highest BCUT2D eigenvalue weighted by Crippen LogP contribution is 2.33. The molecule has 0 spiro atoms. The molecule has 1 aromatic carbocycles. The predicted octanol–water partition coefficient (Wildman–Crippen LogP) is 7.55. The van der Waals surface area contributed by atoms with E-state index in [4.69, 9.17) is 4.74 Å². The van der Waals surface area contributed by atoms with Gasteiger partial charge in [-0.2, -0.15) is 0 Å². The number of benzene rings is 1. The molecule has 0 saturated carbocycles. The zero-order valence-electron chi connectivity index (χ0n) is 17.7. The van der Waals surface area contributed by atoms with Crippen molar-refractivity contribution in [2.45, 2.75) is 110 Å². The number of rotatable bonds is 13. The third-order valence-corrected chi connectivity index (χ3v) is 5.95. The number of cyclic esters (lactones) is 1. The topological polar surface area (TPSA) is 26.3 Å². The van der Waals surface area contributed by atoms with Gasteiger partial charge in [-0.15, -0.1) is 0 Å². The third kappa shape index (κ3) is 8.07. The van der Waals surface area contributed by atoms with Crippen molar-refractivity contribution < 1.29 is 9.53 Å². The van der Waals surface area contributed by atoms with Crippen molar-refractivity contribution in [2.24, 2.45) is 5.92 Å². The number of aryl methyl sites for hydroxylation is 1. The average molecular weight is 373 g/mol. The number of hydrogen-bond acceptors (Lipinski definition) is 2. The molecule has 1 aromatic rings. The van der Waals surface area contributed by atoms with Crippen LogP contribution in [0.1, 0.15) is 115 Å². The molecule has 0 amide bonds. The van der Waals surface area contributed by atoms with Crippen molar-refractivity contribution in [3.63, 3.8) is 0 Å². The molecule has 0 bridgehead atoms. The van der Waals surface area contributed by atoms with Crippen molar-refractivity contribution in [3.05, 3.63) is 35.4 Å². The lowest BCUT2D eigenvalue weighted by Gasteiger charge is -2.28. The Balaban J connectivity index is 1.70. The molecule has 2 heteroatoms. The van der Waals surface area contributed by atoms with Gasteiger partial charge in [-0.1, -0.05) is 95.9 Å². The summed E-state index contributed by atoms with van der Waals surface area (Å²) < 4.78 is 5.79. The monoisotopic (exact) mass is 372 g/mol. The summed E-state index contributed by atoms with van der Waals surface area (Å²) in [5.74, 6) is 0.159. The summed E-state index contributed by atoms with van der Waals surface area (Å²) in [6, 6.07) is 8.79. The Morgan fingerprint density at radius 1 is 0.815 bits per heavy atom. The summed E-state index contributed by atoms with van der Waals surface area (Å²) in [7, 11) is 0. The second-order valence-corrected chi connectivity index (χ2v) is 8.31. The summed E-state index contributed by atoms with van der Waals surface area (Å²) in [6.07, 6.45) is 17.0. The minimum atomic E-state index is -0.0348. The number of ether oxygens (including phenoxy) is 1. The van der Waals surface area contributed by atoms with E-state index in [1.807, 2.05) is 0 Å². The molecule has 27 heavy (non-hydrogen) atoms. The highest BCUT2D eigenvalue weighted by molar-refractivity contribution is 5.73. The van der Waals surface area contributed by atoms with Crippen molar-refractivity contribution in [3.8, 4) is 0 Å². The van der Waals surface area contributed by atoms with E-state index in [2.05, 4.69) is 38.1 Å². The van der Waals surface area contributed by atoms with Gasteiger partial charge in [-0.25, -0.2) is 0 Å². The van der Waals surface area contributed by atoms with Gasteiger partial charge in [-0.3, -0.25) is 4.79 Å². The number of carbonyl (C=O) groups is 1. The SMILES string of the molecule is CCCCCCCc1ccc(C2CCC(CCCCCCC)C(=O)O2)cc1. The molecular weight excluding hydrogens is 332 g/mol. The molecule has 1 aliphatic heterocycles. The molecule has 152 valence electrons. The Morgan fingerprint density at radius 2 is 1.44 bits per heavy atom. The van der Waals surface area contributed by atoms with Crippen LogP contribution in [0.5, 0.6) is 0 Å². The largest absolute Gasteiger partial charge is 0.457 e. The van der Waals surface area contributed by atoms with E-state index in [1.165, 1.54) is 68.9 Å². The minimum Gasteiger partial charge on any atom is -0.457 e. The first-order valence-corrected chi connectivity index (χ1v) is 11.5. The van der Waals surface area contributed by atoms with Gasteiger partial charge in [-0.05, 0) is 43.2 Å². The lowest BCUT2D eigenvalue weighted by atomic mass is 9.90. The van der Waals surface area contributed by atoms with E-state index in [0.717, 1.165) is 32.1 Å². The summed E-state index contributed by atoms with van der Waals surface area (Å²) in [5, 5.41) is 0. The maximum absolute atomic E-state index is 12.4. The summed E-state index contributed by atoms with van der Waals surface area (Å²) in [4.78, 5) is 12.4. The van der Waals surface area contributed by atoms with Crippen LogP contribution in [0, 0.1) is 5.92 Å². The molecule has 1 fully saturated rings. The Morgan fingerprint density at radius 3 is 2.07 bits per heavy atom. The van der Waals surface area contributed by atoms with Gasteiger partial charge in [0.25, 0.3) is 0 Å². The molecule has 0 aliphatic carbocycles. The van der Waals surface area contributed by atoms with E-state index < -0.39 is 0 Å². The van der Waals surface area contributed by atoms with Gasteiger partial charge in [0, 0.05) is 0 Å².